The Morgan fingerprint density at radius 3 is 2.83 bits per heavy atom. The lowest BCUT2D eigenvalue weighted by atomic mass is 10.1. The topological polar surface area (TPSA) is 46.2 Å². The Hall–Kier alpha value is -0.450. The van der Waals surface area contributed by atoms with Crippen molar-refractivity contribution in [2.75, 3.05) is 6.61 Å². The summed E-state index contributed by atoms with van der Waals surface area (Å²) in [6.07, 6.45) is 0. The van der Waals surface area contributed by atoms with Crippen LogP contribution in [0.2, 0.25) is 0 Å². The van der Waals surface area contributed by atoms with E-state index in [0.29, 0.717) is 10.0 Å². The lowest BCUT2D eigenvalue weighted by Crippen LogP contribution is -2.15. The van der Waals surface area contributed by atoms with E-state index in [1.165, 1.54) is 6.07 Å². The average Bonchev–Trinajstić information content (AvgIpc) is 2.08. The predicted octanol–water partition coefficient (Wildman–Crippen LogP) is 1.58. The first kappa shape index (κ1) is 9.64. The quantitative estimate of drug-likeness (QED) is 0.815. The molecule has 3 N–H and O–H groups in total. The van der Waals surface area contributed by atoms with Gasteiger partial charge in [-0.2, -0.15) is 0 Å². The van der Waals surface area contributed by atoms with Crippen molar-refractivity contribution in [3.8, 4) is 0 Å². The van der Waals surface area contributed by atoms with E-state index in [0.717, 1.165) is 0 Å². The highest BCUT2D eigenvalue weighted by atomic mass is 79.9. The minimum Gasteiger partial charge on any atom is -0.394 e. The molecule has 0 aliphatic carbocycles. The molecule has 0 heterocycles. The molecule has 1 aromatic rings. The standard InChI is InChI=1S/C8H9BrFNO/c9-8-5(7(11)4-12)2-1-3-6(8)10/h1-3,7,12H,4,11H2/t7-/m0/s1. The molecule has 12 heavy (non-hydrogen) atoms. The fraction of sp³-hybridized carbons (Fsp3) is 0.250. The summed E-state index contributed by atoms with van der Waals surface area (Å²) >= 11 is 3.06. The molecule has 1 atom stereocenters. The van der Waals surface area contributed by atoms with Gasteiger partial charge in [0.05, 0.1) is 17.1 Å². The first-order valence-corrected chi connectivity index (χ1v) is 4.26. The monoisotopic (exact) mass is 233 g/mol. The van der Waals surface area contributed by atoms with E-state index in [-0.39, 0.29) is 12.4 Å². The van der Waals surface area contributed by atoms with Crippen molar-refractivity contribution in [3.05, 3.63) is 34.1 Å². The molecular weight excluding hydrogens is 225 g/mol. The third-order valence-corrected chi connectivity index (χ3v) is 2.41. The summed E-state index contributed by atoms with van der Waals surface area (Å²) in [5.41, 5.74) is 6.10. The van der Waals surface area contributed by atoms with Gasteiger partial charge in [0.25, 0.3) is 0 Å². The van der Waals surface area contributed by atoms with E-state index in [4.69, 9.17) is 10.8 Å². The number of aliphatic hydroxyl groups excluding tert-OH is 1. The largest absolute Gasteiger partial charge is 0.394 e. The molecule has 4 heteroatoms. The van der Waals surface area contributed by atoms with Crippen LogP contribution in [0, 0.1) is 5.82 Å². The first-order valence-electron chi connectivity index (χ1n) is 3.47. The maximum absolute atomic E-state index is 12.9. The summed E-state index contributed by atoms with van der Waals surface area (Å²) in [6, 6.07) is 4.03. The molecule has 0 saturated heterocycles. The molecule has 1 rings (SSSR count). The Morgan fingerprint density at radius 1 is 1.58 bits per heavy atom. The normalized spacial score (nSPS) is 13.0. The van der Waals surface area contributed by atoms with Gasteiger partial charge in [0.1, 0.15) is 5.82 Å². The van der Waals surface area contributed by atoms with Crippen molar-refractivity contribution >= 4 is 15.9 Å². The summed E-state index contributed by atoms with van der Waals surface area (Å²) in [6.45, 7) is -0.192. The second-order valence-electron chi connectivity index (χ2n) is 2.43. The smallest absolute Gasteiger partial charge is 0.137 e. The summed E-state index contributed by atoms with van der Waals surface area (Å²) in [4.78, 5) is 0. The summed E-state index contributed by atoms with van der Waals surface area (Å²) in [5, 5.41) is 8.74. The maximum Gasteiger partial charge on any atom is 0.137 e. The Balaban J connectivity index is 3.07. The Morgan fingerprint density at radius 2 is 2.25 bits per heavy atom. The Kier molecular flexibility index (Phi) is 3.20. The molecule has 0 aliphatic rings. The van der Waals surface area contributed by atoms with Gasteiger partial charge in [0, 0.05) is 0 Å². The fourth-order valence-electron chi connectivity index (χ4n) is 0.905. The second kappa shape index (κ2) is 3.98. The van der Waals surface area contributed by atoms with Crippen LogP contribution in [0.25, 0.3) is 0 Å². The van der Waals surface area contributed by atoms with Gasteiger partial charge in [-0.3, -0.25) is 0 Å². The van der Waals surface area contributed by atoms with Crippen LogP contribution in [0.4, 0.5) is 4.39 Å². The van der Waals surface area contributed by atoms with Gasteiger partial charge in [0.2, 0.25) is 0 Å². The van der Waals surface area contributed by atoms with Gasteiger partial charge in [-0.05, 0) is 27.6 Å². The van der Waals surface area contributed by atoms with E-state index < -0.39 is 6.04 Å². The molecule has 0 saturated carbocycles. The number of benzene rings is 1. The predicted molar refractivity (Wildman–Crippen MR) is 48.1 cm³/mol. The minimum atomic E-state index is -0.532. The summed E-state index contributed by atoms with van der Waals surface area (Å²) in [7, 11) is 0. The average molecular weight is 234 g/mol. The van der Waals surface area contributed by atoms with Crippen molar-refractivity contribution in [2.24, 2.45) is 5.73 Å². The van der Waals surface area contributed by atoms with Crippen LogP contribution in [0.3, 0.4) is 0 Å². The molecule has 1 aromatic carbocycles. The van der Waals surface area contributed by atoms with Crippen LogP contribution in [-0.2, 0) is 0 Å². The van der Waals surface area contributed by atoms with Crippen molar-refractivity contribution in [3.63, 3.8) is 0 Å². The lowest BCUT2D eigenvalue weighted by Gasteiger charge is -2.10. The van der Waals surface area contributed by atoms with Gasteiger partial charge >= 0.3 is 0 Å². The molecule has 0 amide bonds. The van der Waals surface area contributed by atoms with Crippen LogP contribution in [0.15, 0.2) is 22.7 Å². The minimum absolute atomic E-state index is 0.192. The summed E-state index contributed by atoms with van der Waals surface area (Å²) < 4.78 is 13.2. The van der Waals surface area contributed by atoms with E-state index in [1.54, 1.807) is 12.1 Å². The molecule has 66 valence electrons. The number of hydrogen-bond donors (Lipinski definition) is 2. The SMILES string of the molecule is N[C@@H](CO)c1cccc(F)c1Br. The van der Waals surface area contributed by atoms with Crippen molar-refractivity contribution in [1.82, 2.24) is 0 Å². The number of halogens is 2. The van der Waals surface area contributed by atoms with Crippen molar-refractivity contribution in [1.29, 1.82) is 0 Å². The van der Waals surface area contributed by atoms with E-state index in [9.17, 15) is 4.39 Å². The van der Waals surface area contributed by atoms with Crippen LogP contribution in [-0.4, -0.2) is 11.7 Å². The third-order valence-electron chi connectivity index (χ3n) is 1.58. The number of rotatable bonds is 2. The maximum atomic E-state index is 12.9. The fourth-order valence-corrected chi connectivity index (χ4v) is 1.46. The Bertz CT molecular complexity index is 280. The molecule has 0 bridgehead atoms. The zero-order valence-electron chi connectivity index (χ0n) is 6.30. The number of hydrogen-bond acceptors (Lipinski definition) is 2. The van der Waals surface area contributed by atoms with Gasteiger partial charge in [-0.1, -0.05) is 12.1 Å². The van der Waals surface area contributed by atoms with Crippen LogP contribution in [0.5, 0.6) is 0 Å². The van der Waals surface area contributed by atoms with Crippen LogP contribution < -0.4 is 5.73 Å². The third kappa shape index (κ3) is 1.83. The van der Waals surface area contributed by atoms with Gasteiger partial charge in [-0.15, -0.1) is 0 Å². The molecule has 0 spiro atoms. The van der Waals surface area contributed by atoms with E-state index >= 15 is 0 Å². The molecule has 0 fully saturated rings. The van der Waals surface area contributed by atoms with Crippen LogP contribution in [0.1, 0.15) is 11.6 Å². The molecule has 0 radical (unpaired) electrons. The van der Waals surface area contributed by atoms with Crippen molar-refractivity contribution in [2.45, 2.75) is 6.04 Å². The molecule has 0 unspecified atom stereocenters. The first-order chi connectivity index (χ1) is 5.66. The second-order valence-corrected chi connectivity index (χ2v) is 3.23. The summed E-state index contributed by atoms with van der Waals surface area (Å²) in [5.74, 6) is -0.364. The van der Waals surface area contributed by atoms with Gasteiger partial charge in [0.15, 0.2) is 0 Å². The van der Waals surface area contributed by atoms with Crippen LogP contribution >= 0.6 is 15.9 Å². The highest BCUT2D eigenvalue weighted by Gasteiger charge is 2.10. The molecule has 0 aliphatic heterocycles. The van der Waals surface area contributed by atoms with Crippen molar-refractivity contribution < 1.29 is 9.50 Å². The van der Waals surface area contributed by atoms with Gasteiger partial charge < -0.3 is 10.8 Å². The zero-order chi connectivity index (χ0) is 9.14. The zero-order valence-corrected chi connectivity index (χ0v) is 7.88. The van der Waals surface area contributed by atoms with E-state index in [1.807, 2.05) is 0 Å². The number of nitrogens with two attached hydrogens (primary N) is 1. The lowest BCUT2D eigenvalue weighted by molar-refractivity contribution is 0.267. The highest BCUT2D eigenvalue weighted by Crippen LogP contribution is 2.24. The highest BCUT2D eigenvalue weighted by molar-refractivity contribution is 9.10. The molecule has 0 aromatic heterocycles. The Labute approximate surface area is 78.3 Å². The number of aliphatic hydroxyl groups is 1. The van der Waals surface area contributed by atoms with E-state index in [2.05, 4.69) is 15.9 Å². The molecular formula is C8H9BrFNO. The van der Waals surface area contributed by atoms with Gasteiger partial charge in [-0.25, -0.2) is 4.39 Å². The molecule has 2 nitrogen and oxygen atoms in total.